The van der Waals surface area contributed by atoms with E-state index in [-0.39, 0.29) is 0 Å². The first-order chi connectivity index (χ1) is 7.09. The third kappa shape index (κ3) is 1.70. The van der Waals surface area contributed by atoms with Gasteiger partial charge >= 0.3 is 0 Å². The first-order valence-corrected chi connectivity index (χ1v) is 5.00. The summed E-state index contributed by atoms with van der Waals surface area (Å²) < 4.78 is 1.97. The van der Waals surface area contributed by atoms with Crippen molar-refractivity contribution in [3.05, 3.63) is 35.2 Å². The van der Waals surface area contributed by atoms with Gasteiger partial charge in [0.15, 0.2) is 0 Å². The Balaban J connectivity index is 2.59. The van der Waals surface area contributed by atoms with Crippen LogP contribution in [0, 0.1) is 6.92 Å². The Hall–Kier alpha value is -1.48. The summed E-state index contributed by atoms with van der Waals surface area (Å²) >= 11 is 5.98. The molecule has 4 heteroatoms. The number of aromatic nitrogens is 2. The second-order valence-corrected chi connectivity index (χ2v) is 3.93. The highest BCUT2D eigenvalue weighted by atomic mass is 35.5. The van der Waals surface area contributed by atoms with E-state index >= 15 is 0 Å². The molecule has 1 aromatic heterocycles. The number of nitrogens with zero attached hydrogens (tertiary/aromatic N) is 2. The Morgan fingerprint density at radius 2 is 2.13 bits per heavy atom. The molecule has 2 aromatic rings. The lowest BCUT2D eigenvalue weighted by Gasteiger charge is -2.06. The molecule has 2 N–H and O–H groups in total. The molecular weight excluding hydrogens is 210 g/mol. The fraction of sp³-hybridized carbons (Fsp3) is 0.182. The van der Waals surface area contributed by atoms with Crippen molar-refractivity contribution in [2.24, 2.45) is 7.05 Å². The summed E-state index contributed by atoms with van der Waals surface area (Å²) in [6, 6.07) is 5.62. The predicted octanol–water partition coefficient (Wildman–Crippen LogP) is 2.63. The van der Waals surface area contributed by atoms with Crippen LogP contribution in [0.25, 0.3) is 11.3 Å². The zero-order valence-electron chi connectivity index (χ0n) is 8.66. The van der Waals surface area contributed by atoms with Crippen LogP contribution in [0.2, 0.25) is 5.02 Å². The maximum Gasteiger partial charge on any atom is 0.0951 e. The van der Waals surface area contributed by atoms with E-state index in [1.165, 1.54) is 0 Å². The molecule has 0 aliphatic heterocycles. The van der Waals surface area contributed by atoms with Crippen LogP contribution in [-0.4, -0.2) is 9.55 Å². The second-order valence-electron chi connectivity index (χ2n) is 3.53. The van der Waals surface area contributed by atoms with Crippen LogP contribution in [0.5, 0.6) is 0 Å². The number of aryl methyl sites for hydroxylation is 2. The molecule has 0 amide bonds. The van der Waals surface area contributed by atoms with E-state index in [1.807, 2.05) is 36.7 Å². The Kier molecular flexibility index (Phi) is 2.40. The summed E-state index contributed by atoms with van der Waals surface area (Å²) in [4.78, 5) is 4.23. The highest BCUT2D eigenvalue weighted by Crippen LogP contribution is 2.28. The zero-order chi connectivity index (χ0) is 11.0. The lowest BCUT2D eigenvalue weighted by atomic mass is 10.1. The van der Waals surface area contributed by atoms with Crippen LogP contribution in [0.4, 0.5) is 5.69 Å². The van der Waals surface area contributed by atoms with E-state index in [4.69, 9.17) is 17.3 Å². The quantitative estimate of drug-likeness (QED) is 0.753. The SMILES string of the molecule is Cc1ncn(C)c1-c1ccc(N)c(Cl)c1. The molecule has 0 saturated carbocycles. The van der Waals surface area contributed by atoms with Crippen molar-refractivity contribution >= 4 is 17.3 Å². The number of hydrogen-bond donors (Lipinski definition) is 1. The van der Waals surface area contributed by atoms with Crippen molar-refractivity contribution < 1.29 is 0 Å². The van der Waals surface area contributed by atoms with Crippen LogP contribution in [-0.2, 0) is 7.05 Å². The van der Waals surface area contributed by atoms with E-state index in [0.717, 1.165) is 17.0 Å². The second kappa shape index (κ2) is 3.59. The largest absolute Gasteiger partial charge is 0.398 e. The molecule has 0 aliphatic rings. The fourth-order valence-electron chi connectivity index (χ4n) is 1.63. The molecule has 0 unspecified atom stereocenters. The van der Waals surface area contributed by atoms with Crippen molar-refractivity contribution in [1.29, 1.82) is 0 Å². The van der Waals surface area contributed by atoms with Gasteiger partial charge in [0.25, 0.3) is 0 Å². The maximum absolute atomic E-state index is 5.98. The number of rotatable bonds is 1. The lowest BCUT2D eigenvalue weighted by molar-refractivity contribution is 0.921. The van der Waals surface area contributed by atoms with Crippen LogP contribution in [0.1, 0.15) is 5.69 Å². The van der Waals surface area contributed by atoms with E-state index in [9.17, 15) is 0 Å². The minimum absolute atomic E-state index is 0.577. The van der Waals surface area contributed by atoms with Crippen molar-refractivity contribution in [2.75, 3.05) is 5.73 Å². The molecule has 0 saturated heterocycles. The summed E-state index contributed by atoms with van der Waals surface area (Å²) in [6.07, 6.45) is 1.79. The van der Waals surface area contributed by atoms with E-state index in [0.29, 0.717) is 10.7 Å². The van der Waals surface area contributed by atoms with Gasteiger partial charge in [0.05, 0.1) is 28.4 Å². The van der Waals surface area contributed by atoms with E-state index in [1.54, 1.807) is 6.33 Å². The maximum atomic E-state index is 5.98. The molecule has 78 valence electrons. The number of benzene rings is 1. The van der Waals surface area contributed by atoms with Gasteiger partial charge in [-0.3, -0.25) is 0 Å². The van der Waals surface area contributed by atoms with Crippen molar-refractivity contribution in [2.45, 2.75) is 6.92 Å². The van der Waals surface area contributed by atoms with Gasteiger partial charge in [-0.25, -0.2) is 4.98 Å². The Bertz CT molecular complexity index is 483. The monoisotopic (exact) mass is 221 g/mol. The average Bonchev–Trinajstić information content (AvgIpc) is 2.52. The summed E-state index contributed by atoms with van der Waals surface area (Å²) in [6.45, 7) is 1.97. The standard InChI is InChI=1S/C11H12ClN3/c1-7-11(15(2)6-14-7)8-3-4-10(13)9(12)5-8/h3-6H,13H2,1-2H3. The molecule has 2 rings (SSSR count). The third-order valence-electron chi connectivity index (χ3n) is 2.39. The zero-order valence-corrected chi connectivity index (χ0v) is 9.42. The molecule has 1 aromatic carbocycles. The van der Waals surface area contributed by atoms with Gasteiger partial charge in [-0.15, -0.1) is 0 Å². The normalized spacial score (nSPS) is 10.6. The number of hydrogen-bond acceptors (Lipinski definition) is 2. The van der Waals surface area contributed by atoms with Crippen LogP contribution in [0.15, 0.2) is 24.5 Å². The number of nitrogens with two attached hydrogens (primary N) is 1. The van der Waals surface area contributed by atoms with Gasteiger partial charge in [0, 0.05) is 12.6 Å². The molecule has 3 nitrogen and oxygen atoms in total. The molecule has 0 aliphatic carbocycles. The van der Waals surface area contributed by atoms with Crippen molar-refractivity contribution in [3.8, 4) is 11.3 Å². The number of anilines is 1. The summed E-state index contributed by atoms with van der Waals surface area (Å²) in [5.41, 5.74) is 9.35. The molecule has 15 heavy (non-hydrogen) atoms. The molecule has 0 bridgehead atoms. The smallest absolute Gasteiger partial charge is 0.0951 e. The van der Waals surface area contributed by atoms with Crippen LogP contribution >= 0.6 is 11.6 Å². The van der Waals surface area contributed by atoms with Gasteiger partial charge in [0.2, 0.25) is 0 Å². The first-order valence-electron chi connectivity index (χ1n) is 4.63. The average molecular weight is 222 g/mol. The minimum atomic E-state index is 0.577. The number of halogens is 1. The van der Waals surface area contributed by atoms with Crippen molar-refractivity contribution in [3.63, 3.8) is 0 Å². The molecule has 0 atom stereocenters. The van der Waals surface area contributed by atoms with E-state index in [2.05, 4.69) is 4.98 Å². The number of nitrogen functional groups attached to an aromatic ring is 1. The predicted molar refractivity (Wildman–Crippen MR) is 62.8 cm³/mol. The molecule has 1 heterocycles. The summed E-state index contributed by atoms with van der Waals surface area (Å²) in [5.74, 6) is 0. The Morgan fingerprint density at radius 1 is 1.40 bits per heavy atom. The van der Waals surface area contributed by atoms with Gasteiger partial charge in [-0.05, 0) is 19.1 Å². The van der Waals surface area contributed by atoms with Gasteiger partial charge < -0.3 is 10.3 Å². The Morgan fingerprint density at radius 3 is 2.67 bits per heavy atom. The Labute approximate surface area is 93.5 Å². The topological polar surface area (TPSA) is 43.8 Å². The van der Waals surface area contributed by atoms with Crippen molar-refractivity contribution in [1.82, 2.24) is 9.55 Å². The molecular formula is C11H12ClN3. The molecule has 0 radical (unpaired) electrons. The van der Waals surface area contributed by atoms with Gasteiger partial charge in [-0.1, -0.05) is 17.7 Å². The minimum Gasteiger partial charge on any atom is -0.398 e. The third-order valence-corrected chi connectivity index (χ3v) is 2.72. The highest BCUT2D eigenvalue weighted by molar-refractivity contribution is 6.33. The number of imidazole rings is 1. The van der Waals surface area contributed by atoms with Gasteiger partial charge in [0.1, 0.15) is 0 Å². The summed E-state index contributed by atoms with van der Waals surface area (Å²) in [7, 11) is 1.96. The lowest BCUT2D eigenvalue weighted by Crippen LogP contribution is -1.92. The van der Waals surface area contributed by atoms with Crippen LogP contribution < -0.4 is 5.73 Å². The molecule has 0 fully saturated rings. The molecule has 0 spiro atoms. The first kappa shape index (κ1) is 10.1. The van der Waals surface area contributed by atoms with Gasteiger partial charge in [-0.2, -0.15) is 0 Å². The van der Waals surface area contributed by atoms with E-state index < -0.39 is 0 Å². The fourth-order valence-corrected chi connectivity index (χ4v) is 1.81. The van der Waals surface area contributed by atoms with Crippen LogP contribution in [0.3, 0.4) is 0 Å². The highest BCUT2D eigenvalue weighted by Gasteiger charge is 2.08. The summed E-state index contributed by atoms with van der Waals surface area (Å²) in [5, 5.41) is 0.577.